The Hall–Kier alpha value is -2.08. The van der Waals surface area contributed by atoms with E-state index in [4.69, 9.17) is 9.47 Å². The molecule has 0 aromatic heterocycles. The van der Waals surface area contributed by atoms with E-state index in [1.54, 1.807) is 0 Å². The quantitative estimate of drug-likeness (QED) is 0.790. The molecular weight excluding hydrogens is 332 g/mol. The molecule has 6 nitrogen and oxygen atoms in total. The van der Waals surface area contributed by atoms with Gasteiger partial charge in [0.15, 0.2) is 0 Å². The highest BCUT2D eigenvalue weighted by atomic mass is 16.6. The van der Waals surface area contributed by atoms with Crippen molar-refractivity contribution in [2.24, 2.45) is 5.92 Å². The molecule has 1 saturated heterocycles. The van der Waals surface area contributed by atoms with Crippen LogP contribution < -0.4 is 10.6 Å². The Labute approximate surface area is 154 Å². The Bertz CT molecular complexity index is 650. The molecule has 1 saturated carbocycles. The summed E-state index contributed by atoms with van der Waals surface area (Å²) < 4.78 is 10.8. The van der Waals surface area contributed by atoms with Gasteiger partial charge >= 0.3 is 12.1 Å². The first-order valence-corrected chi connectivity index (χ1v) is 9.22. The van der Waals surface area contributed by atoms with E-state index >= 15 is 0 Å². The summed E-state index contributed by atoms with van der Waals surface area (Å²) in [7, 11) is 0. The molecule has 0 radical (unpaired) electrons. The third kappa shape index (κ3) is 4.75. The molecule has 1 aliphatic carbocycles. The van der Waals surface area contributed by atoms with Gasteiger partial charge < -0.3 is 20.1 Å². The zero-order valence-corrected chi connectivity index (χ0v) is 15.7. The van der Waals surface area contributed by atoms with Crippen molar-refractivity contribution >= 4 is 12.1 Å². The van der Waals surface area contributed by atoms with Gasteiger partial charge in [-0.05, 0) is 51.5 Å². The van der Waals surface area contributed by atoms with E-state index in [9.17, 15) is 9.59 Å². The number of alkyl carbamates (subject to hydrolysis) is 1. The fourth-order valence-electron chi connectivity index (χ4n) is 3.44. The lowest BCUT2D eigenvalue weighted by Crippen LogP contribution is -2.45. The van der Waals surface area contributed by atoms with Crippen molar-refractivity contribution in [3.8, 4) is 0 Å². The number of benzene rings is 1. The molecule has 0 spiro atoms. The Morgan fingerprint density at radius 1 is 1.23 bits per heavy atom. The third-order valence-electron chi connectivity index (χ3n) is 4.96. The number of rotatable bonds is 5. The number of carbonyl (C=O) groups is 2. The highest BCUT2D eigenvalue weighted by Gasteiger charge is 2.54. The van der Waals surface area contributed by atoms with Crippen LogP contribution in [0.15, 0.2) is 30.3 Å². The van der Waals surface area contributed by atoms with Gasteiger partial charge in [-0.3, -0.25) is 4.79 Å². The molecule has 2 fully saturated rings. The normalized spacial score (nSPS) is 24.0. The molecule has 1 heterocycles. The summed E-state index contributed by atoms with van der Waals surface area (Å²) in [5, 5.41) is 6.27. The molecule has 1 aromatic rings. The van der Waals surface area contributed by atoms with Gasteiger partial charge in [0.2, 0.25) is 0 Å². The molecule has 2 atom stereocenters. The predicted molar refractivity (Wildman–Crippen MR) is 97.5 cm³/mol. The number of amides is 1. The predicted octanol–water partition coefficient (Wildman–Crippen LogP) is 2.77. The highest BCUT2D eigenvalue weighted by molar-refractivity contribution is 5.76. The number of hydrogen-bond acceptors (Lipinski definition) is 5. The van der Waals surface area contributed by atoms with Crippen LogP contribution in [0.5, 0.6) is 0 Å². The average molecular weight is 360 g/mol. The summed E-state index contributed by atoms with van der Waals surface area (Å²) in [6.45, 7) is 6.52. The van der Waals surface area contributed by atoms with Crippen molar-refractivity contribution in [1.29, 1.82) is 0 Å². The largest absolute Gasteiger partial charge is 0.460 e. The van der Waals surface area contributed by atoms with Gasteiger partial charge in [-0.25, -0.2) is 4.79 Å². The van der Waals surface area contributed by atoms with Crippen LogP contribution in [0.4, 0.5) is 4.79 Å². The molecule has 0 bridgehead atoms. The minimum atomic E-state index is -0.516. The molecule has 2 unspecified atom stereocenters. The molecule has 3 rings (SSSR count). The monoisotopic (exact) mass is 360 g/mol. The molecule has 2 N–H and O–H groups in total. The van der Waals surface area contributed by atoms with Crippen molar-refractivity contribution in [3.05, 3.63) is 35.9 Å². The maximum Gasteiger partial charge on any atom is 0.408 e. The van der Waals surface area contributed by atoms with Crippen LogP contribution >= 0.6 is 0 Å². The van der Waals surface area contributed by atoms with E-state index < -0.39 is 5.60 Å². The first-order valence-electron chi connectivity index (χ1n) is 9.22. The number of esters is 1. The van der Waals surface area contributed by atoms with Gasteiger partial charge in [0.25, 0.3) is 0 Å². The highest BCUT2D eigenvalue weighted by Crippen LogP contribution is 2.46. The van der Waals surface area contributed by atoms with Crippen LogP contribution in [0, 0.1) is 5.92 Å². The molecule has 26 heavy (non-hydrogen) atoms. The average Bonchev–Trinajstić information content (AvgIpc) is 3.16. The molecule has 1 amide bonds. The first kappa shape index (κ1) is 18.7. The van der Waals surface area contributed by atoms with Gasteiger partial charge in [-0.2, -0.15) is 0 Å². The van der Waals surface area contributed by atoms with Crippen LogP contribution in [0.1, 0.15) is 45.6 Å². The van der Waals surface area contributed by atoms with Crippen molar-refractivity contribution in [2.75, 3.05) is 6.54 Å². The van der Waals surface area contributed by atoms with E-state index in [-0.39, 0.29) is 36.2 Å². The number of nitrogens with one attached hydrogen (secondary N) is 2. The molecule has 142 valence electrons. The van der Waals surface area contributed by atoms with Crippen molar-refractivity contribution < 1.29 is 19.1 Å². The van der Waals surface area contributed by atoms with Crippen LogP contribution in [0.2, 0.25) is 0 Å². The summed E-state index contributed by atoms with van der Waals surface area (Å²) in [5.41, 5.74) is 0.211. The molecule has 6 heteroatoms. The van der Waals surface area contributed by atoms with Crippen molar-refractivity contribution in [2.45, 2.75) is 63.8 Å². The van der Waals surface area contributed by atoms with Gasteiger partial charge in [0.05, 0.1) is 0 Å². The maximum absolute atomic E-state index is 12.3. The summed E-state index contributed by atoms with van der Waals surface area (Å²) in [6.07, 6.45) is 2.13. The van der Waals surface area contributed by atoms with Crippen molar-refractivity contribution in [3.63, 3.8) is 0 Å². The van der Waals surface area contributed by atoms with E-state index in [1.807, 2.05) is 51.1 Å². The summed E-state index contributed by atoms with van der Waals surface area (Å²) in [4.78, 5) is 24.4. The van der Waals surface area contributed by atoms with E-state index in [0.29, 0.717) is 13.0 Å². The number of hydrogen-bond donors (Lipinski definition) is 2. The Morgan fingerprint density at radius 2 is 1.92 bits per heavy atom. The topological polar surface area (TPSA) is 76.7 Å². The van der Waals surface area contributed by atoms with Gasteiger partial charge in [-0.1, -0.05) is 30.3 Å². The second-order valence-corrected chi connectivity index (χ2v) is 8.27. The fourth-order valence-corrected chi connectivity index (χ4v) is 3.44. The summed E-state index contributed by atoms with van der Waals surface area (Å²) in [6, 6.07) is 9.32. The first-order chi connectivity index (χ1) is 12.3. The maximum atomic E-state index is 12.3. The number of ether oxygens (including phenoxy) is 2. The molecular formula is C20H28N2O4. The van der Waals surface area contributed by atoms with Crippen LogP contribution in [-0.4, -0.2) is 35.8 Å². The van der Waals surface area contributed by atoms with Gasteiger partial charge in [0, 0.05) is 12.1 Å². The SMILES string of the molecule is CC(C)(C)OC(=O)NC1(C2CNC(C(=O)OCc3ccccc3)C2)CC1. The van der Waals surface area contributed by atoms with Crippen LogP contribution in [0.25, 0.3) is 0 Å². The van der Waals surface area contributed by atoms with Crippen LogP contribution in [-0.2, 0) is 20.9 Å². The number of carbonyl (C=O) groups excluding carboxylic acids is 2. The zero-order valence-electron chi connectivity index (χ0n) is 15.7. The Morgan fingerprint density at radius 3 is 2.54 bits per heavy atom. The standard InChI is InChI=1S/C20H28N2O4/c1-19(2,3)26-18(24)22-20(9-10-20)15-11-16(21-12-15)17(23)25-13-14-7-5-4-6-8-14/h4-8,15-16,21H,9-13H2,1-3H3,(H,22,24). The lowest BCUT2D eigenvalue weighted by Gasteiger charge is -2.26. The van der Waals surface area contributed by atoms with Crippen LogP contribution in [0.3, 0.4) is 0 Å². The van der Waals surface area contributed by atoms with Crippen molar-refractivity contribution in [1.82, 2.24) is 10.6 Å². The fraction of sp³-hybridized carbons (Fsp3) is 0.600. The van der Waals surface area contributed by atoms with Gasteiger partial charge in [-0.15, -0.1) is 0 Å². The Balaban J connectivity index is 1.48. The summed E-state index contributed by atoms with van der Waals surface area (Å²) >= 11 is 0. The lowest BCUT2D eigenvalue weighted by atomic mass is 9.94. The van der Waals surface area contributed by atoms with E-state index in [1.165, 1.54) is 0 Å². The van der Waals surface area contributed by atoms with Gasteiger partial charge in [0.1, 0.15) is 18.2 Å². The Kier molecular flexibility index (Phi) is 5.23. The van der Waals surface area contributed by atoms with E-state index in [0.717, 1.165) is 18.4 Å². The molecule has 1 aromatic carbocycles. The zero-order chi connectivity index (χ0) is 18.8. The minimum Gasteiger partial charge on any atom is -0.460 e. The smallest absolute Gasteiger partial charge is 0.408 e. The minimum absolute atomic E-state index is 0.212. The summed E-state index contributed by atoms with van der Waals surface area (Å²) in [5.74, 6) is -0.0197. The second kappa shape index (κ2) is 7.27. The van der Waals surface area contributed by atoms with E-state index in [2.05, 4.69) is 10.6 Å². The second-order valence-electron chi connectivity index (χ2n) is 8.27. The molecule has 2 aliphatic rings. The molecule has 1 aliphatic heterocycles. The third-order valence-corrected chi connectivity index (χ3v) is 4.96. The lowest BCUT2D eigenvalue weighted by molar-refractivity contribution is -0.147.